The van der Waals surface area contributed by atoms with E-state index in [9.17, 15) is 0 Å². The van der Waals surface area contributed by atoms with Crippen molar-refractivity contribution in [2.45, 2.75) is 38.8 Å². The van der Waals surface area contributed by atoms with Gasteiger partial charge in [0.25, 0.3) is 0 Å². The average Bonchev–Trinajstić information content (AvgIpc) is 3.08. The molecule has 0 aliphatic carbocycles. The van der Waals surface area contributed by atoms with E-state index in [2.05, 4.69) is 33.5 Å². The van der Waals surface area contributed by atoms with Crippen LogP contribution < -0.4 is 15.5 Å². The smallest absolute Gasteiger partial charge is 0.171 e. The second-order valence-electron chi connectivity index (χ2n) is 5.83. The van der Waals surface area contributed by atoms with Crippen molar-refractivity contribution in [3.63, 3.8) is 0 Å². The van der Waals surface area contributed by atoms with E-state index in [0.717, 1.165) is 23.8 Å². The van der Waals surface area contributed by atoms with Gasteiger partial charge < -0.3 is 20.0 Å². The Hall–Kier alpha value is -2.08. The van der Waals surface area contributed by atoms with Crippen LogP contribution in [0.3, 0.4) is 0 Å². The van der Waals surface area contributed by atoms with E-state index in [1.165, 1.54) is 19.3 Å². The molecule has 2 aromatic rings. The van der Waals surface area contributed by atoms with Gasteiger partial charge in [0.1, 0.15) is 11.6 Å². The van der Waals surface area contributed by atoms with Crippen molar-refractivity contribution in [3.8, 4) is 0 Å². The van der Waals surface area contributed by atoms with Gasteiger partial charge >= 0.3 is 0 Å². The zero-order valence-electron chi connectivity index (χ0n) is 13.3. The van der Waals surface area contributed by atoms with E-state index in [0.29, 0.717) is 17.7 Å². The maximum Gasteiger partial charge on any atom is 0.171 e. The number of aromatic nitrogens is 1. The minimum atomic E-state index is 0.558. The van der Waals surface area contributed by atoms with Crippen LogP contribution in [0.2, 0.25) is 0 Å². The Morgan fingerprint density at radius 2 is 2.30 bits per heavy atom. The molecule has 3 heterocycles. The van der Waals surface area contributed by atoms with Crippen LogP contribution in [0.1, 0.15) is 31.9 Å². The average molecular weight is 330 g/mol. The van der Waals surface area contributed by atoms with E-state index in [-0.39, 0.29) is 0 Å². The molecule has 1 aliphatic heterocycles. The SMILES string of the molecule is C[C@H]1CCCCN1c1ccc(NC(=S)NCc2ccco2)cn1. The molecule has 2 aromatic heterocycles. The Morgan fingerprint density at radius 3 is 3.00 bits per heavy atom. The molecule has 0 bridgehead atoms. The predicted molar refractivity (Wildman–Crippen MR) is 96.7 cm³/mol. The third kappa shape index (κ3) is 4.22. The fraction of sp³-hybridized carbons (Fsp3) is 0.412. The monoisotopic (exact) mass is 330 g/mol. The Morgan fingerprint density at radius 1 is 1.39 bits per heavy atom. The molecule has 0 saturated carbocycles. The molecule has 1 aliphatic rings. The highest BCUT2D eigenvalue weighted by atomic mass is 32.1. The Kier molecular flexibility index (Phi) is 5.12. The predicted octanol–water partition coefficient (Wildman–Crippen LogP) is 3.54. The van der Waals surface area contributed by atoms with Crippen LogP contribution in [0.4, 0.5) is 11.5 Å². The summed E-state index contributed by atoms with van der Waals surface area (Å²) in [5.74, 6) is 1.89. The number of hydrogen-bond acceptors (Lipinski definition) is 4. The Bertz CT molecular complexity index is 627. The number of thiocarbonyl (C=S) groups is 1. The van der Waals surface area contributed by atoms with E-state index >= 15 is 0 Å². The van der Waals surface area contributed by atoms with Gasteiger partial charge in [0.2, 0.25) is 0 Å². The summed E-state index contributed by atoms with van der Waals surface area (Å²) in [4.78, 5) is 6.95. The summed E-state index contributed by atoms with van der Waals surface area (Å²) >= 11 is 5.28. The van der Waals surface area contributed by atoms with Gasteiger partial charge in [-0.2, -0.15) is 0 Å². The second-order valence-corrected chi connectivity index (χ2v) is 6.24. The summed E-state index contributed by atoms with van der Waals surface area (Å²) in [5, 5.41) is 6.81. The molecule has 0 unspecified atom stereocenters. The minimum absolute atomic E-state index is 0.558. The molecular formula is C17H22N4OS. The largest absolute Gasteiger partial charge is 0.467 e. The molecule has 2 N–H and O–H groups in total. The van der Waals surface area contributed by atoms with Crippen molar-refractivity contribution in [3.05, 3.63) is 42.5 Å². The fourth-order valence-corrected chi connectivity index (χ4v) is 3.01. The van der Waals surface area contributed by atoms with Gasteiger partial charge in [-0.15, -0.1) is 0 Å². The third-order valence-electron chi connectivity index (χ3n) is 4.11. The molecule has 0 radical (unpaired) electrons. The first-order valence-corrected chi connectivity index (χ1v) is 8.43. The quantitative estimate of drug-likeness (QED) is 0.836. The summed E-state index contributed by atoms with van der Waals surface area (Å²) < 4.78 is 5.26. The van der Waals surface area contributed by atoms with Gasteiger partial charge in [0.15, 0.2) is 5.11 Å². The lowest BCUT2D eigenvalue weighted by molar-refractivity contribution is 0.481. The van der Waals surface area contributed by atoms with Gasteiger partial charge in [0, 0.05) is 12.6 Å². The van der Waals surface area contributed by atoms with Crippen molar-refractivity contribution in [2.75, 3.05) is 16.8 Å². The summed E-state index contributed by atoms with van der Waals surface area (Å²) in [6.45, 7) is 3.92. The van der Waals surface area contributed by atoms with Crippen molar-refractivity contribution in [1.29, 1.82) is 0 Å². The normalized spacial score (nSPS) is 17.8. The number of hydrogen-bond donors (Lipinski definition) is 2. The molecule has 1 saturated heterocycles. The minimum Gasteiger partial charge on any atom is -0.467 e. The number of piperidine rings is 1. The summed E-state index contributed by atoms with van der Waals surface area (Å²) in [7, 11) is 0. The maximum absolute atomic E-state index is 5.28. The Labute approximate surface area is 142 Å². The molecule has 0 spiro atoms. The second kappa shape index (κ2) is 7.46. The number of pyridine rings is 1. The first-order valence-electron chi connectivity index (χ1n) is 8.02. The summed E-state index contributed by atoms with van der Waals surface area (Å²) in [5.41, 5.74) is 0.885. The highest BCUT2D eigenvalue weighted by Crippen LogP contribution is 2.23. The molecule has 6 heteroatoms. The van der Waals surface area contributed by atoms with Crippen LogP contribution in [0.25, 0.3) is 0 Å². The fourth-order valence-electron chi connectivity index (χ4n) is 2.82. The van der Waals surface area contributed by atoms with Gasteiger partial charge in [-0.25, -0.2) is 4.98 Å². The van der Waals surface area contributed by atoms with Gasteiger partial charge in [-0.05, 0) is 62.7 Å². The lowest BCUT2D eigenvalue weighted by Gasteiger charge is -2.34. The Balaban J connectivity index is 1.53. The van der Waals surface area contributed by atoms with Crippen molar-refractivity contribution in [2.24, 2.45) is 0 Å². The number of furan rings is 1. The van der Waals surface area contributed by atoms with Crippen LogP contribution in [-0.2, 0) is 6.54 Å². The van der Waals surface area contributed by atoms with Crippen LogP contribution in [-0.4, -0.2) is 22.7 Å². The number of rotatable bonds is 4. The summed E-state index contributed by atoms with van der Waals surface area (Å²) in [6, 6.07) is 8.40. The molecule has 3 rings (SSSR count). The zero-order valence-corrected chi connectivity index (χ0v) is 14.1. The van der Waals surface area contributed by atoms with Crippen molar-refractivity contribution >= 4 is 28.8 Å². The van der Waals surface area contributed by atoms with E-state index in [1.807, 2.05) is 24.4 Å². The summed E-state index contributed by atoms with van der Waals surface area (Å²) in [6.07, 6.45) is 7.28. The van der Waals surface area contributed by atoms with E-state index in [1.54, 1.807) is 6.26 Å². The number of nitrogens with one attached hydrogen (secondary N) is 2. The lowest BCUT2D eigenvalue weighted by atomic mass is 10.0. The molecule has 23 heavy (non-hydrogen) atoms. The van der Waals surface area contributed by atoms with Gasteiger partial charge in [-0.1, -0.05) is 0 Å². The van der Waals surface area contributed by atoms with Crippen LogP contribution >= 0.6 is 12.2 Å². The highest BCUT2D eigenvalue weighted by Gasteiger charge is 2.19. The number of anilines is 2. The van der Waals surface area contributed by atoms with Gasteiger partial charge in [0.05, 0.1) is 24.7 Å². The molecule has 5 nitrogen and oxygen atoms in total. The molecular weight excluding hydrogens is 308 g/mol. The maximum atomic E-state index is 5.28. The topological polar surface area (TPSA) is 53.3 Å². The lowest BCUT2D eigenvalue weighted by Crippen LogP contribution is -2.37. The molecule has 0 amide bonds. The van der Waals surface area contributed by atoms with E-state index < -0.39 is 0 Å². The first-order chi connectivity index (χ1) is 11.2. The van der Waals surface area contributed by atoms with Crippen LogP contribution in [0.5, 0.6) is 0 Å². The number of nitrogens with zero attached hydrogens (tertiary/aromatic N) is 2. The molecule has 1 atom stereocenters. The first kappa shape index (κ1) is 15.8. The molecule has 0 aromatic carbocycles. The van der Waals surface area contributed by atoms with Crippen molar-refractivity contribution < 1.29 is 4.42 Å². The van der Waals surface area contributed by atoms with Gasteiger partial charge in [-0.3, -0.25) is 0 Å². The van der Waals surface area contributed by atoms with Crippen LogP contribution in [0.15, 0.2) is 41.1 Å². The van der Waals surface area contributed by atoms with Crippen LogP contribution in [0, 0.1) is 0 Å². The highest BCUT2D eigenvalue weighted by molar-refractivity contribution is 7.80. The molecule has 1 fully saturated rings. The zero-order chi connectivity index (χ0) is 16.1. The molecule has 122 valence electrons. The standard InChI is InChI=1S/C17H22N4OS/c1-13-5-2-3-9-21(13)16-8-7-14(11-18-16)20-17(23)19-12-15-6-4-10-22-15/h4,6-8,10-11,13H,2-3,5,9,12H2,1H3,(H2,19,20,23)/t13-/m0/s1. The third-order valence-corrected chi connectivity index (χ3v) is 4.35. The van der Waals surface area contributed by atoms with E-state index in [4.69, 9.17) is 16.6 Å². The van der Waals surface area contributed by atoms with Crippen molar-refractivity contribution in [1.82, 2.24) is 10.3 Å².